The molecule has 114 valence electrons. The van der Waals surface area contributed by atoms with Crippen molar-refractivity contribution in [3.63, 3.8) is 0 Å². The van der Waals surface area contributed by atoms with E-state index in [-0.39, 0.29) is 11.8 Å². The molecule has 2 N–H and O–H groups in total. The Labute approximate surface area is 124 Å². The van der Waals surface area contributed by atoms with Crippen LogP contribution in [0.3, 0.4) is 0 Å². The molecular weight excluding hydrogens is 270 g/mol. The second-order valence-electron chi connectivity index (χ2n) is 5.44. The SMILES string of the molecule is CCC(Oc1ccccc1C)C(=O)NC(C(=O)O)C1CC1. The van der Waals surface area contributed by atoms with Gasteiger partial charge in [0.1, 0.15) is 11.8 Å². The number of ether oxygens (including phenoxy) is 1. The topological polar surface area (TPSA) is 75.6 Å². The first-order valence-electron chi connectivity index (χ1n) is 7.28. The van der Waals surface area contributed by atoms with Crippen LogP contribution >= 0.6 is 0 Å². The summed E-state index contributed by atoms with van der Waals surface area (Å²) in [5.41, 5.74) is 0.945. The van der Waals surface area contributed by atoms with Crippen LogP contribution in [-0.2, 0) is 9.59 Å². The average molecular weight is 291 g/mol. The highest BCUT2D eigenvalue weighted by molar-refractivity contribution is 5.86. The molecule has 1 aromatic rings. The Morgan fingerprint density at radius 2 is 2.05 bits per heavy atom. The Morgan fingerprint density at radius 3 is 2.57 bits per heavy atom. The van der Waals surface area contributed by atoms with Gasteiger partial charge in [-0.3, -0.25) is 4.79 Å². The van der Waals surface area contributed by atoms with Crippen LogP contribution in [0.5, 0.6) is 5.75 Å². The third kappa shape index (κ3) is 3.97. The van der Waals surface area contributed by atoms with Crippen molar-refractivity contribution in [3.05, 3.63) is 29.8 Å². The number of aryl methyl sites for hydroxylation is 1. The summed E-state index contributed by atoms with van der Waals surface area (Å²) in [6.07, 6.45) is 1.52. The molecule has 5 heteroatoms. The maximum absolute atomic E-state index is 12.2. The minimum Gasteiger partial charge on any atom is -0.480 e. The summed E-state index contributed by atoms with van der Waals surface area (Å²) in [7, 11) is 0. The number of hydrogen-bond acceptors (Lipinski definition) is 3. The highest BCUT2D eigenvalue weighted by Crippen LogP contribution is 2.32. The minimum absolute atomic E-state index is 0.0578. The first-order chi connectivity index (χ1) is 10.0. The molecule has 0 radical (unpaired) electrons. The quantitative estimate of drug-likeness (QED) is 0.807. The summed E-state index contributed by atoms with van der Waals surface area (Å²) in [4.78, 5) is 23.4. The Morgan fingerprint density at radius 1 is 1.38 bits per heavy atom. The Bertz CT molecular complexity index is 525. The number of carbonyl (C=O) groups is 2. The molecule has 0 bridgehead atoms. The molecule has 0 aliphatic heterocycles. The normalized spacial score (nSPS) is 16.9. The first kappa shape index (κ1) is 15.4. The van der Waals surface area contributed by atoms with Gasteiger partial charge in [0.05, 0.1) is 0 Å². The number of amides is 1. The van der Waals surface area contributed by atoms with Crippen molar-refractivity contribution in [2.24, 2.45) is 5.92 Å². The third-order valence-electron chi connectivity index (χ3n) is 3.68. The van der Waals surface area contributed by atoms with E-state index >= 15 is 0 Å². The number of nitrogens with one attached hydrogen (secondary N) is 1. The number of hydrogen-bond donors (Lipinski definition) is 2. The van der Waals surface area contributed by atoms with Gasteiger partial charge in [0.2, 0.25) is 0 Å². The van der Waals surface area contributed by atoms with E-state index in [0.29, 0.717) is 12.2 Å². The molecule has 1 aromatic carbocycles. The molecule has 21 heavy (non-hydrogen) atoms. The van der Waals surface area contributed by atoms with Crippen LogP contribution in [0.1, 0.15) is 31.7 Å². The number of carboxylic acids is 1. The van der Waals surface area contributed by atoms with Gasteiger partial charge in [-0.05, 0) is 43.7 Å². The van der Waals surface area contributed by atoms with Crippen molar-refractivity contribution >= 4 is 11.9 Å². The highest BCUT2D eigenvalue weighted by Gasteiger charge is 2.38. The van der Waals surface area contributed by atoms with Gasteiger partial charge in [0, 0.05) is 0 Å². The monoisotopic (exact) mass is 291 g/mol. The molecule has 1 aliphatic rings. The van der Waals surface area contributed by atoms with Crippen LogP contribution in [0.2, 0.25) is 0 Å². The number of carbonyl (C=O) groups excluding carboxylic acids is 1. The fraction of sp³-hybridized carbons (Fsp3) is 0.500. The zero-order chi connectivity index (χ0) is 15.4. The van der Waals surface area contributed by atoms with Gasteiger partial charge in [-0.2, -0.15) is 0 Å². The van der Waals surface area contributed by atoms with Crippen LogP contribution in [-0.4, -0.2) is 29.1 Å². The highest BCUT2D eigenvalue weighted by atomic mass is 16.5. The van der Waals surface area contributed by atoms with E-state index in [4.69, 9.17) is 9.84 Å². The molecule has 1 aliphatic carbocycles. The predicted molar refractivity (Wildman–Crippen MR) is 78.2 cm³/mol. The van der Waals surface area contributed by atoms with Crippen LogP contribution in [0, 0.1) is 12.8 Å². The molecule has 0 spiro atoms. The maximum atomic E-state index is 12.2. The van der Waals surface area contributed by atoms with Crippen molar-refractivity contribution in [1.29, 1.82) is 0 Å². The Balaban J connectivity index is 2.01. The maximum Gasteiger partial charge on any atom is 0.326 e. The van der Waals surface area contributed by atoms with Crippen molar-refractivity contribution < 1.29 is 19.4 Å². The second kappa shape index (κ2) is 6.61. The van der Waals surface area contributed by atoms with Gasteiger partial charge >= 0.3 is 5.97 Å². The summed E-state index contributed by atoms with van der Waals surface area (Å²) < 4.78 is 5.73. The van der Waals surface area contributed by atoms with E-state index in [1.807, 2.05) is 32.0 Å². The smallest absolute Gasteiger partial charge is 0.326 e. The number of para-hydroxylation sites is 1. The van der Waals surface area contributed by atoms with E-state index in [0.717, 1.165) is 18.4 Å². The molecule has 5 nitrogen and oxygen atoms in total. The summed E-state index contributed by atoms with van der Waals surface area (Å²) in [6, 6.07) is 6.66. The first-order valence-corrected chi connectivity index (χ1v) is 7.28. The van der Waals surface area contributed by atoms with E-state index < -0.39 is 18.1 Å². The molecule has 2 rings (SSSR count). The summed E-state index contributed by atoms with van der Waals surface area (Å²) in [6.45, 7) is 3.75. The fourth-order valence-electron chi connectivity index (χ4n) is 2.22. The second-order valence-corrected chi connectivity index (χ2v) is 5.44. The molecule has 0 aromatic heterocycles. The average Bonchev–Trinajstić information content (AvgIpc) is 3.27. The lowest BCUT2D eigenvalue weighted by Crippen LogP contribution is -2.48. The third-order valence-corrected chi connectivity index (χ3v) is 3.68. The van der Waals surface area contributed by atoms with Gasteiger partial charge < -0.3 is 15.2 Å². The van der Waals surface area contributed by atoms with Gasteiger partial charge in [-0.1, -0.05) is 25.1 Å². The minimum atomic E-state index is -0.975. The summed E-state index contributed by atoms with van der Waals surface area (Å²) in [5.74, 6) is -0.628. The molecule has 2 atom stereocenters. The fourth-order valence-corrected chi connectivity index (χ4v) is 2.22. The van der Waals surface area contributed by atoms with E-state index in [9.17, 15) is 9.59 Å². The lowest BCUT2D eigenvalue weighted by Gasteiger charge is -2.21. The number of rotatable bonds is 7. The van der Waals surface area contributed by atoms with Crippen LogP contribution in [0.15, 0.2) is 24.3 Å². The summed E-state index contributed by atoms with van der Waals surface area (Å²) in [5, 5.41) is 11.8. The zero-order valence-electron chi connectivity index (χ0n) is 12.3. The lowest BCUT2D eigenvalue weighted by molar-refractivity contribution is -0.143. The van der Waals surface area contributed by atoms with Crippen molar-refractivity contribution in [2.75, 3.05) is 0 Å². The molecule has 2 unspecified atom stereocenters. The zero-order valence-corrected chi connectivity index (χ0v) is 12.3. The largest absolute Gasteiger partial charge is 0.480 e. The van der Waals surface area contributed by atoms with Crippen molar-refractivity contribution in [2.45, 2.75) is 45.3 Å². The van der Waals surface area contributed by atoms with Crippen molar-refractivity contribution in [3.8, 4) is 5.75 Å². The number of carboxylic acid groups (broad SMARTS) is 1. The van der Waals surface area contributed by atoms with Gasteiger partial charge in [-0.25, -0.2) is 4.79 Å². The van der Waals surface area contributed by atoms with Crippen LogP contribution < -0.4 is 10.1 Å². The van der Waals surface area contributed by atoms with Crippen LogP contribution in [0.25, 0.3) is 0 Å². The predicted octanol–water partition coefficient (Wildman–Crippen LogP) is 2.13. The molecule has 1 amide bonds. The molecule has 0 saturated heterocycles. The van der Waals surface area contributed by atoms with Crippen molar-refractivity contribution in [1.82, 2.24) is 5.32 Å². The molecule has 1 saturated carbocycles. The van der Waals surface area contributed by atoms with E-state index in [2.05, 4.69) is 5.32 Å². The molecule has 0 heterocycles. The standard InChI is InChI=1S/C16H21NO4/c1-3-12(21-13-7-5-4-6-10(13)2)15(18)17-14(16(19)20)11-8-9-11/h4-7,11-12,14H,3,8-9H2,1-2H3,(H,17,18)(H,19,20). The van der Waals surface area contributed by atoms with E-state index in [1.165, 1.54) is 0 Å². The van der Waals surface area contributed by atoms with Crippen LogP contribution in [0.4, 0.5) is 0 Å². The van der Waals surface area contributed by atoms with Gasteiger partial charge in [0.15, 0.2) is 6.10 Å². The summed E-state index contributed by atoms with van der Waals surface area (Å²) >= 11 is 0. The Hall–Kier alpha value is -2.04. The lowest BCUT2D eigenvalue weighted by atomic mass is 10.1. The Kier molecular flexibility index (Phi) is 4.83. The molecule has 1 fully saturated rings. The number of aliphatic carboxylic acids is 1. The molecular formula is C16H21NO4. The number of benzene rings is 1. The van der Waals surface area contributed by atoms with Gasteiger partial charge in [0.25, 0.3) is 5.91 Å². The van der Waals surface area contributed by atoms with E-state index in [1.54, 1.807) is 6.07 Å². The van der Waals surface area contributed by atoms with Gasteiger partial charge in [-0.15, -0.1) is 0 Å².